The molecule has 1 N–H and O–H groups in total. The van der Waals surface area contributed by atoms with E-state index in [9.17, 15) is 0 Å². The van der Waals surface area contributed by atoms with Gasteiger partial charge in [-0.1, -0.05) is 56.3 Å². The minimum Gasteiger partial charge on any atom is -0.492 e. The van der Waals surface area contributed by atoms with Gasteiger partial charge in [-0.15, -0.1) is 0 Å². The van der Waals surface area contributed by atoms with Crippen molar-refractivity contribution in [3.05, 3.63) is 65.7 Å². The second kappa shape index (κ2) is 9.33. The van der Waals surface area contributed by atoms with E-state index >= 15 is 0 Å². The van der Waals surface area contributed by atoms with Crippen LogP contribution in [0, 0.1) is 6.92 Å². The van der Waals surface area contributed by atoms with Gasteiger partial charge in [0.05, 0.1) is 19.3 Å². The largest absolute Gasteiger partial charge is 0.492 e. The molecule has 0 unspecified atom stereocenters. The molecular weight excluding hydrogens is 286 g/mol. The van der Waals surface area contributed by atoms with Crippen LogP contribution in [0.1, 0.15) is 25.0 Å². The highest BCUT2D eigenvalue weighted by atomic mass is 16.5. The van der Waals surface area contributed by atoms with Gasteiger partial charge in [-0.2, -0.15) is 0 Å². The molecule has 0 amide bonds. The highest BCUT2D eigenvalue weighted by Crippen LogP contribution is 2.12. The SMILES string of the molecule is Cc1cccc(OC[C@@H](COCc2ccccc2)NC(C)C)c1. The van der Waals surface area contributed by atoms with E-state index in [0.29, 0.717) is 25.9 Å². The quantitative estimate of drug-likeness (QED) is 0.760. The first kappa shape index (κ1) is 17.5. The van der Waals surface area contributed by atoms with Crippen molar-refractivity contribution in [3.8, 4) is 5.75 Å². The molecule has 0 aromatic heterocycles. The van der Waals surface area contributed by atoms with Gasteiger partial charge in [-0.05, 0) is 30.2 Å². The summed E-state index contributed by atoms with van der Waals surface area (Å²) in [7, 11) is 0. The van der Waals surface area contributed by atoms with E-state index in [-0.39, 0.29) is 6.04 Å². The lowest BCUT2D eigenvalue weighted by molar-refractivity contribution is 0.0797. The standard InChI is InChI=1S/C20H27NO2/c1-16(2)21-19(14-22-13-18-9-5-4-6-10-18)15-23-20-11-7-8-17(3)12-20/h4-12,16,19,21H,13-15H2,1-3H3/t19-/m1/s1. The molecule has 1 atom stereocenters. The van der Waals surface area contributed by atoms with Crippen LogP contribution < -0.4 is 10.1 Å². The van der Waals surface area contributed by atoms with Crippen LogP contribution in [-0.4, -0.2) is 25.3 Å². The van der Waals surface area contributed by atoms with Crippen molar-refractivity contribution in [2.75, 3.05) is 13.2 Å². The van der Waals surface area contributed by atoms with Crippen LogP contribution in [0.3, 0.4) is 0 Å². The number of benzene rings is 2. The second-order valence-electron chi connectivity index (χ2n) is 6.15. The van der Waals surface area contributed by atoms with E-state index in [0.717, 1.165) is 5.75 Å². The Balaban J connectivity index is 1.81. The summed E-state index contributed by atoms with van der Waals surface area (Å²) in [6, 6.07) is 18.9. The zero-order chi connectivity index (χ0) is 16.5. The molecule has 0 saturated carbocycles. The predicted molar refractivity (Wildman–Crippen MR) is 94.8 cm³/mol. The van der Waals surface area contributed by atoms with Gasteiger partial charge in [-0.25, -0.2) is 0 Å². The number of hydrogen-bond acceptors (Lipinski definition) is 3. The Morgan fingerprint density at radius 2 is 1.74 bits per heavy atom. The Hall–Kier alpha value is -1.84. The van der Waals surface area contributed by atoms with Crippen molar-refractivity contribution in [2.24, 2.45) is 0 Å². The number of nitrogens with one attached hydrogen (secondary N) is 1. The first-order chi connectivity index (χ1) is 11.1. The normalized spacial score (nSPS) is 12.3. The van der Waals surface area contributed by atoms with Gasteiger partial charge in [0, 0.05) is 6.04 Å². The summed E-state index contributed by atoms with van der Waals surface area (Å²) < 4.78 is 11.8. The van der Waals surface area contributed by atoms with E-state index in [2.05, 4.69) is 50.4 Å². The predicted octanol–water partition coefficient (Wildman–Crippen LogP) is 3.96. The number of aryl methyl sites for hydroxylation is 1. The van der Waals surface area contributed by atoms with Crippen LogP contribution in [0.5, 0.6) is 5.75 Å². The Morgan fingerprint density at radius 3 is 2.43 bits per heavy atom. The molecule has 2 aromatic rings. The third kappa shape index (κ3) is 6.85. The summed E-state index contributed by atoms with van der Waals surface area (Å²) >= 11 is 0. The zero-order valence-electron chi connectivity index (χ0n) is 14.3. The maximum absolute atomic E-state index is 5.91. The lowest BCUT2D eigenvalue weighted by Gasteiger charge is -2.22. The minimum atomic E-state index is 0.166. The molecule has 0 bridgehead atoms. The Labute approximate surface area is 139 Å². The van der Waals surface area contributed by atoms with E-state index in [4.69, 9.17) is 9.47 Å². The lowest BCUT2D eigenvalue weighted by Crippen LogP contribution is -2.42. The molecule has 0 aliphatic heterocycles. The molecular formula is C20H27NO2. The van der Waals surface area contributed by atoms with Gasteiger partial charge in [0.1, 0.15) is 12.4 Å². The molecule has 0 radical (unpaired) electrons. The summed E-state index contributed by atoms with van der Waals surface area (Å²) in [6.07, 6.45) is 0. The molecule has 23 heavy (non-hydrogen) atoms. The van der Waals surface area contributed by atoms with Crippen LogP contribution in [-0.2, 0) is 11.3 Å². The monoisotopic (exact) mass is 313 g/mol. The molecule has 0 spiro atoms. The smallest absolute Gasteiger partial charge is 0.119 e. The van der Waals surface area contributed by atoms with Crippen molar-refractivity contribution < 1.29 is 9.47 Å². The fraction of sp³-hybridized carbons (Fsp3) is 0.400. The second-order valence-corrected chi connectivity index (χ2v) is 6.15. The van der Waals surface area contributed by atoms with Crippen molar-refractivity contribution >= 4 is 0 Å². The summed E-state index contributed by atoms with van der Waals surface area (Å²) in [5, 5.41) is 3.50. The van der Waals surface area contributed by atoms with E-state index < -0.39 is 0 Å². The van der Waals surface area contributed by atoms with Gasteiger partial charge in [0.25, 0.3) is 0 Å². The molecule has 0 saturated heterocycles. The molecule has 0 aliphatic rings. The third-order valence-corrected chi connectivity index (χ3v) is 3.44. The number of hydrogen-bond donors (Lipinski definition) is 1. The molecule has 0 fully saturated rings. The first-order valence-electron chi connectivity index (χ1n) is 8.20. The van der Waals surface area contributed by atoms with Crippen molar-refractivity contribution in [1.29, 1.82) is 0 Å². The Morgan fingerprint density at radius 1 is 0.957 bits per heavy atom. The Bertz CT molecular complexity index is 569. The summed E-state index contributed by atoms with van der Waals surface area (Å²) in [5.41, 5.74) is 2.39. The van der Waals surface area contributed by atoms with Crippen LogP contribution in [0.2, 0.25) is 0 Å². The van der Waals surface area contributed by atoms with Gasteiger partial charge in [0.2, 0.25) is 0 Å². The molecule has 3 heteroatoms. The maximum Gasteiger partial charge on any atom is 0.119 e. The van der Waals surface area contributed by atoms with E-state index in [1.54, 1.807) is 0 Å². The van der Waals surface area contributed by atoms with Gasteiger partial charge >= 0.3 is 0 Å². The minimum absolute atomic E-state index is 0.166. The van der Waals surface area contributed by atoms with Crippen molar-refractivity contribution in [2.45, 2.75) is 39.5 Å². The van der Waals surface area contributed by atoms with Crippen LogP contribution >= 0.6 is 0 Å². The maximum atomic E-state index is 5.91. The number of ether oxygens (including phenoxy) is 2. The fourth-order valence-electron chi connectivity index (χ4n) is 2.41. The zero-order valence-corrected chi connectivity index (χ0v) is 14.3. The summed E-state index contributed by atoms with van der Waals surface area (Å²) in [5.74, 6) is 0.906. The third-order valence-electron chi connectivity index (χ3n) is 3.44. The average molecular weight is 313 g/mol. The van der Waals surface area contributed by atoms with E-state index in [1.807, 2.05) is 30.3 Å². The van der Waals surface area contributed by atoms with Crippen LogP contribution in [0.15, 0.2) is 54.6 Å². The molecule has 0 heterocycles. The van der Waals surface area contributed by atoms with Crippen LogP contribution in [0.25, 0.3) is 0 Å². The van der Waals surface area contributed by atoms with Gasteiger partial charge < -0.3 is 14.8 Å². The van der Waals surface area contributed by atoms with Crippen molar-refractivity contribution in [1.82, 2.24) is 5.32 Å². The lowest BCUT2D eigenvalue weighted by atomic mass is 10.2. The highest BCUT2D eigenvalue weighted by Gasteiger charge is 2.11. The fourth-order valence-corrected chi connectivity index (χ4v) is 2.41. The Kier molecular flexibility index (Phi) is 7.11. The van der Waals surface area contributed by atoms with E-state index in [1.165, 1.54) is 11.1 Å². The summed E-state index contributed by atoms with van der Waals surface area (Å²) in [6.45, 7) is 8.18. The average Bonchev–Trinajstić information content (AvgIpc) is 2.53. The topological polar surface area (TPSA) is 30.5 Å². The summed E-state index contributed by atoms with van der Waals surface area (Å²) in [4.78, 5) is 0. The molecule has 3 nitrogen and oxygen atoms in total. The molecule has 0 aliphatic carbocycles. The van der Waals surface area contributed by atoms with Crippen molar-refractivity contribution in [3.63, 3.8) is 0 Å². The first-order valence-corrected chi connectivity index (χ1v) is 8.20. The van der Waals surface area contributed by atoms with Crippen LogP contribution in [0.4, 0.5) is 0 Å². The molecule has 2 rings (SSSR count). The van der Waals surface area contributed by atoms with Gasteiger partial charge in [0.15, 0.2) is 0 Å². The molecule has 124 valence electrons. The van der Waals surface area contributed by atoms with Gasteiger partial charge in [-0.3, -0.25) is 0 Å². The highest BCUT2D eigenvalue weighted by molar-refractivity contribution is 5.27. The number of rotatable bonds is 9. The molecule has 2 aromatic carbocycles.